The molecule has 1 aromatic rings. The number of carbonyl (C=O) groups is 1. The van der Waals surface area contributed by atoms with E-state index in [-0.39, 0.29) is 5.91 Å². The molecule has 156 valence electrons. The molecule has 1 aliphatic carbocycles. The number of likely N-dealkylation sites (tertiary alicyclic amines) is 1. The zero-order valence-electron chi connectivity index (χ0n) is 17.4. The molecule has 5 heteroatoms. The predicted octanol–water partition coefficient (Wildman–Crippen LogP) is 4.62. The topological polar surface area (TPSA) is 50.8 Å². The van der Waals surface area contributed by atoms with E-state index in [1.165, 1.54) is 38.8 Å². The third-order valence-corrected chi connectivity index (χ3v) is 5.94. The summed E-state index contributed by atoms with van der Waals surface area (Å²) >= 11 is 0. The van der Waals surface area contributed by atoms with Crippen LogP contribution in [0.2, 0.25) is 0 Å². The molecule has 0 aromatic heterocycles. The average molecular weight is 389 g/mol. The summed E-state index contributed by atoms with van der Waals surface area (Å²) in [6.07, 6.45) is 10.0. The first-order valence-electron chi connectivity index (χ1n) is 11.1. The standard InChI is InChI=1S/C23H36N2O3/c1-2-28-23(14-5-3-6-15-23)22(26)24-20-10-12-21(13-11-20)27-19-9-18-25-16-7-4-8-17-25/h10-13H,2-9,14-19H2,1H3,(H,24,26). The van der Waals surface area contributed by atoms with E-state index < -0.39 is 5.60 Å². The number of carbonyl (C=O) groups excluding carboxylic acids is 1. The molecule has 1 saturated carbocycles. The molecule has 2 aliphatic rings. The lowest BCUT2D eigenvalue weighted by Gasteiger charge is -2.35. The Bertz CT molecular complexity index is 585. The number of nitrogens with zero attached hydrogens (tertiary/aromatic N) is 1. The summed E-state index contributed by atoms with van der Waals surface area (Å²) < 4.78 is 11.8. The van der Waals surface area contributed by atoms with Gasteiger partial charge in [-0.15, -0.1) is 0 Å². The van der Waals surface area contributed by atoms with Crippen LogP contribution >= 0.6 is 0 Å². The van der Waals surface area contributed by atoms with Crippen LogP contribution in [0.15, 0.2) is 24.3 Å². The second-order valence-corrected chi connectivity index (χ2v) is 8.07. The Morgan fingerprint density at radius 1 is 1.04 bits per heavy atom. The van der Waals surface area contributed by atoms with Gasteiger partial charge in [0.1, 0.15) is 11.4 Å². The zero-order chi connectivity index (χ0) is 19.7. The van der Waals surface area contributed by atoms with E-state index in [0.29, 0.717) is 6.61 Å². The number of ether oxygens (including phenoxy) is 2. The SMILES string of the molecule is CCOC1(C(=O)Nc2ccc(OCCCN3CCCCC3)cc2)CCCCC1. The number of rotatable bonds is 9. The van der Waals surface area contributed by atoms with E-state index >= 15 is 0 Å². The average Bonchev–Trinajstić information content (AvgIpc) is 2.74. The molecule has 0 radical (unpaired) electrons. The molecule has 0 bridgehead atoms. The summed E-state index contributed by atoms with van der Waals surface area (Å²) in [5.41, 5.74) is 0.145. The molecule has 1 saturated heterocycles. The van der Waals surface area contributed by atoms with Crippen molar-refractivity contribution in [1.29, 1.82) is 0 Å². The quantitative estimate of drug-likeness (QED) is 0.627. The minimum absolute atomic E-state index is 0.00995. The molecule has 0 atom stereocenters. The summed E-state index contributed by atoms with van der Waals surface area (Å²) in [4.78, 5) is 15.4. The summed E-state index contributed by atoms with van der Waals surface area (Å²) in [7, 11) is 0. The molecule has 5 nitrogen and oxygen atoms in total. The highest BCUT2D eigenvalue weighted by Crippen LogP contribution is 2.33. The Kier molecular flexibility index (Phi) is 8.16. The van der Waals surface area contributed by atoms with Crippen molar-refractivity contribution in [3.8, 4) is 5.75 Å². The molecule has 1 heterocycles. The van der Waals surface area contributed by atoms with E-state index in [9.17, 15) is 4.79 Å². The fraction of sp³-hybridized carbons (Fsp3) is 0.696. The van der Waals surface area contributed by atoms with Crippen molar-refractivity contribution in [2.45, 2.75) is 70.3 Å². The second kappa shape index (κ2) is 10.8. The van der Waals surface area contributed by atoms with Gasteiger partial charge in [-0.2, -0.15) is 0 Å². The number of hydrogen-bond acceptors (Lipinski definition) is 4. The van der Waals surface area contributed by atoms with Gasteiger partial charge in [0.05, 0.1) is 6.61 Å². The second-order valence-electron chi connectivity index (χ2n) is 8.07. The van der Waals surface area contributed by atoms with Crippen LogP contribution in [0.1, 0.15) is 64.7 Å². The van der Waals surface area contributed by atoms with E-state index in [1.54, 1.807) is 0 Å². The Balaban J connectivity index is 1.43. The van der Waals surface area contributed by atoms with Crippen LogP contribution in [0.25, 0.3) is 0 Å². The number of piperidine rings is 1. The highest BCUT2D eigenvalue weighted by Gasteiger charge is 2.40. The Morgan fingerprint density at radius 3 is 2.39 bits per heavy atom. The summed E-state index contributed by atoms with van der Waals surface area (Å²) in [5.74, 6) is 0.845. The van der Waals surface area contributed by atoms with Crippen LogP contribution in [0, 0.1) is 0 Å². The minimum Gasteiger partial charge on any atom is -0.494 e. The van der Waals surface area contributed by atoms with Crippen molar-refractivity contribution >= 4 is 11.6 Å². The van der Waals surface area contributed by atoms with E-state index in [0.717, 1.165) is 56.7 Å². The van der Waals surface area contributed by atoms with E-state index in [1.807, 2.05) is 31.2 Å². The number of amides is 1. The highest BCUT2D eigenvalue weighted by atomic mass is 16.5. The normalized spacial score (nSPS) is 19.9. The summed E-state index contributed by atoms with van der Waals surface area (Å²) in [6.45, 7) is 6.84. The van der Waals surface area contributed by atoms with Gasteiger partial charge in [-0.25, -0.2) is 0 Å². The van der Waals surface area contributed by atoms with Crippen molar-refractivity contribution in [2.75, 3.05) is 38.2 Å². The highest BCUT2D eigenvalue weighted by molar-refractivity contribution is 5.97. The molecule has 3 rings (SSSR count). The van der Waals surface area contributed by atoms with Gasteiger partial charge in [-0.1, -0.05) is 25.7 Å². The van der Waals surface area contributed by atoms with Gasteiger partial charge in [-0.05, 0) is 76.4 Å². The molecule has 0 unspecified atom stereocenters. The van der Waals surface area contributed by atoms with Crippen LogP contribution in [0.5, 0.6) is 5.75 Å². The van der Waals surface area contributed by atoms with Gasteiger partial charge in [0.25, 0.3) is 5.91 Å². The molecular weight excluding hydrogens is 352 g/mol. The number of anilines is 1. The minimum atomic E-state index is -0.656. The largest absolute Gasteiger partial charge is 0.494 e. The zero-order valence-corrected chi connectivity index (χ0v) is 17.4. The fourth-order valence-electron chi connectivity index (χ4n) is 4.38. The molecule has 1 aliphatic heterocycles. The lowest BCUT2D eigenvalue weighted by Crippen LogP contribution is -2.47. The van der Waals surface area contributed by atoms with Crippen LogP contribution < -0.4 is 10.1 Å². The van der Waals surface area contributed by atoms with Gasteiger partial charge in [0, 0.05) is 18.8 Å². The van der Waals surface area contributed by atoms with E-state index in [4.69, 9.17) is 9.47 Å². The van der Waals surface area contributed by atoms with Crippen LogP contribution in [0.4, 0.5) is 5.69 Å². The van der Waals surface area contributed by atoms with Gasteiger partial charge >= 0.3 is 0 Å². The van der Waals surface area contributed by atoms with Crippen molar-refractivity contribution in [2.24, 2.45) is 0 Å². The first-order valence-corrected chi connectivity index (χ1v) is 11.1. The molecule has 2 fully saturated rings. The maximum atomic E-state index is 12.9. The first-order chi connectivity index (χ1) is 13.7. The third kappa shape index (κ3) is 5.95. The molecular formula is C23H36N2O3. The Labute approximate surface area is 169 Å². The summed E-state index contributed by atoms with van der Waals surface area (Å²) in [5, 5.41) is 3.05. The summed E-state index contributed by atoms with van der Waals surface area (Å²) in [6, 6.07) is 7.70. The fourth-order valence-corrected chi connectivity index (χ4v) is 4.38. The van der Waals surface area contributed by atoms with Crippen molar-refractivity contribution < 1.29 is 14.3 Å². The number of nitrogens with one attached hydrogen (secondary N) is 1. The maximum absolute atomic E-state index is 12.9. The first kappa shape index (κ1) is 21.1. The van der Waals surface area contributed by atoms with Gasteiger partial charge in [-0.3, -0.25) is 4.79 Å². The lowest BCUT2D eigenvalue weighted by atomic mass is 9.83. The van der Waals surface area contributed by atoms with Crippen LogP contribution in [-0.2, 0) is 9.53 Å². The van der Waals surface area contributed by atoms with Crippen LogP contribution in [0.3, 0.4) is 0 Å². The Morgan fingerprint density at radius 2 is 1.71 bits per heavy atom. The molecule has 1 aromatic carbocycles. The lowest BCUT2D eigenvalue weighted by molar-refractivity contribution is -0.145. The van der Waals surface area contributed by atoms with Crippen molar-refractivity contribution in [3.05, 3.63) is 24.3 Å². The van der Waals surface area contributed by atoms with Crippen molar-refractivity contribution in [3.63, 3.8) is 0 Å². The Hall–Kier alpha value is -1.59. The molecule has 0 spiro atoms. The smallest absolute Gasteiger partial charge is 0.256 e. The molecule has 1 amide bonds. The predicted molar refractivity (Wildman–Crippen MR) is 113 cm³/mol. The van der Waals surface area contributed by atoms with Crippen molar-refractivity contribution in [1.82, 2.24) is 4.90 Å². The van der Waals surface area contributed by atoms with Gasteiger partial charge in [0.2, 0.25) is 0 Å². The van der Waals surface area contributed by atoms with Gasteiger partial charge in [0.15, 0.2) is 0 Å². The maximum Gasteiger partial charge on any atom is 0.256 e. The third-order valence-electron chi connectivity index (χ3n) is 5.94. The van der Waals surface area contributed by atoms with E-state index in [2.05, 4.69) is 10.2 Å². The number of hydrogen-bond donors (Lipinski definition) is 1. The molecule has 28 heavy (non-hydrogen) atoms. The van der Waals surface area contributed by atoms with Gasteiger partial charge < -0.3 is 19.7 Å². The number of benzene rings is 1. The monoisotopic (exact) mass is 388 g/mol. The molecule has 1 N–H and O–H groups in total. The van der Waals surface area contributed by atoms with Crippen LogP contribution in [-0.4, -0.2) is 49.3 Å².